The number of nitrogens with one attached hydrogen (secondary N) is 1. The third-order valence-electron chi connectivity index (χ3n) is 2.03. The lowest BCUT2D eigenvalue weighted by Gasteiger charge is -2.26. The predicted octanol–water partition coefficient (Wildman–Crippen LogP) is 2.45. The van der Waals surface area contributed by atoms with Gasteiger partial charge in [-0.15, -0.1) is 0 Å². The molecule has 1 rings (SSSR count). The Morgan fingerprint density at radius 2 is 2.25 bits per heavy atom. The number of nitriles is 1. The van der Waals surface area contributed by atoms with E-state index in [0.717, 1.165) is 0 Å². The third kappa shape index (κ3) is 5.18. The molecule has 0 aliphatic rings. The highest BCUT2D eigenvalue weighted by molar-refractivity contribution is 5.69. The van der Waals surface area contributed by atoms with Crippen LogP contribution in [0.2, 0.25) is 0 Å². The van der Waals surface area contributed by atoms with Crippen molar-refractivity contribution in [2.75, 3.05) is 11.6 Å². The smallest absolute Gasteiger partial charge is 0.426 e. The van der Waals surface area contributed by atoms with Gasteiger partial charge in [-0.2, -0.15) is 5.26 Å². The van der Waals surface area contributed by atoms with Crippen molar-refractivity contribution in [1.29, 1.82) is 5.26 Å². The van der Waals surface area contributed by atoms with E-state index in [4.69, 9.17) is 14.4 Å². The van der Waals surface area contributed by atoms with Gasteiger partial charge in [-0.25, -0.2) is 20.2 Å². The van der Waals surface area contributed by atoms with Crippen molar-refractivity contribution in [3.63, 3.8) is 0 Å². The Morgan fingerprint density at radius 3 is 2.70 bits per heavy atom. The van der Waals surface area contributed by atoms with E-state index in [0.29, 0.717) is 12.4 Å². The lowest BCUT2D eigenvalue weighted by Crippen LogP contribution is -2.46. The van der Waals surface area contributed by atoms with Crippen molar-refractivity contribution in [3.8, 4) is 6.07 Å². The van der Waals surface area contributed by atoms with Crippen molar-refractivity contribution in [2.45, 2.75) is 40.2 Å². The van der Waals surface area contributed by atoms with Crippen molar-refractivity contribution in [1.82, 2.24) is 10.4 Å². The number of nitrogens with zero attached hydrogens (tertiary/aromatic N) is 3. The highest BCUT2D eigenvalue weighted by Gasteiger charge is 2.21. The number of aromatic nitrogens is 1. The topological polar surface area (TPSA) is 91.4 Å². The largest absolute Gasteiger partial charge is 0.443 e. The molecule has 0 aliphatic carbocycles. The minimum atomic E-state index is -0.590. The van der Waals surface area contributed by atoms with Crippen LogP contribution < -0.4 is 10.4 Å². The molecule has 1 heterocycles. The monoisotopic (exact) mass is 280 g/mol. The number of ether oxygens (including phenoxy) is 1. The van der Waals surface area contributed by atoms with Gasteiger partial charge < -0.3 is 9.15 Å². The minimum absolute atomic E-state index is 0.0558. The Kier molecular flexibility index (Phi) is 4.97. The zero-order valence-corrected chi connectivity index (χ0v) is 12.4. The zero-order chi connectivity index (χ0) is 15.3. The quantitative estimate of drug-likeness (QED) is 0.852. The van der Waals surface area contributed by atoms with Crippen LogP contribution in [0.5, 0.6) is 0 Å². The molecule has 7 nitrogen and oxygen atoms in total. The van der Waals surface area contributed by atoms with E-state index < -0.39 is 11.7 Å². The van der Waals surface area contributed by atoms with Crippen LogP contribution in [0.4, 0.5) is 10.7 Å². The van der Waals surface area contributed by atoms with Gasteiger partial charge >= 0.3 is 12.0 Å². The summed E-state index contributed by atoms with van der Waals surface area (Å²) in [6.07, 6.45) is 0.797. The minimum Gasteiger partial charge on any atom is -0.443 e. The fraction of sp³-hybridized carbons (Fsp3) is 0.615. The molecule has 0 unspecified atom stereocenters. The Bertz CT molecular complexity index is 496. The fourth-order valence-electron chi connectivity index (χ4n) is 1.41. The van der Waals surface area contributed by atoms with E-state index in [9.17, 15) is 4.79 Å². The molecule has 110 valence electrons. The van der Waals surface area contributed by atoms with E-state index in [1.165, 1.54) is 11.2 Å². The first-order valence-corrected chi connectivity index (χ1v) is 6.34. The van der Waals surface area contributed by atoms with Gasteiger partial charge in [-0.1, -0.05) is 13.8 Å². The van der Waals surface area contributed by atoms with Crippen molar-refractivity contribution in [3.05, 3.63) is 12.1 Å². The highest BCUT2D eigenvalue weighted by Crippen LogP contribution is 2.16. The third-order valence-corrected chi connectivity index (χ3v) is 2.03. The molecule has 0 saturated carbocycles. The lowest BCUT2D eigenvalue weighted by atomic mass is 10.2. The molecule has 0 aliphatic heterocycles. The van der Waals surface area contributed by atoms with Crippen LogP contribution in [0.1, 0.15) is 40.5 Å². The van der Waals surface area contributed by atoms with Gasteiger partial charge in [0.2, 0.25) is 5.88 Å². The van der Waals surface area contributed by atoms with E-state index in [2.05, 4.69) is 10.4 Å². The molecule has 0 saturated heterocycles. The van der Waals surface area contributed by atoms with Crippen molar-refractivity contribution < 1.29 is 13.9 Å². The van der Waals surface area contributed by atoms with Crippen LogP contribution in [0, 0.1) is 17.2 Å². The Hall–Kier alpha value is -2.23. The number of amides is 1. The fourth-order valence-corrected chi connectivity index (χ4v) is 1.41. The molecule has 20 heavy (non-hydrogen) atoms. The second kappa shape index (κ2) is 6.28. The lowest BCUT2D eigenvalue weighted by molar-refractivity contribution is 0.0516. The SMILES string of the molecule is CC(C)CN(NC(=O)OC(C)(C)C)c1cnc(C#N)o1. The molecule has 1 N–H and O–H groups in total. The summed E-state index contributed by atoms with van der Waals surface area (Å²) in [5, 5.41) is 10.2. The van der Waals surface area contributed by atoms with E-state index in [1.807, 2.05) is 13.8 Å². The molecule has 0 atom stereocenters. The summed E-state index contributed by atoms with van der Waals surface area (Å²) >= 11 is 0. The number of hydrazine groups is 1. The first kappa shape index (κ1) is 15.8. The molecule has 0 fully saturated rings. The number of hydrogen-bond donors (Lipinski definition) is 1. The van der Waals surface area contributed by atoms with Gasteiger partial charge in [-0.3, -0.25) is 0 Å². The van der Waals surface area contributed by atoms with Crippen LogP contribution in [0.25, 0.3) is 0 Å². The predicted molar refractivity (Wildman–Crippen MR) is 72.8 cm³/mol. The first-order valence-electron chi connectivity index (χ1n) is 6.34. The van der Waals surface area contributed by atoms with Crippen molar-refractivity contribution >= 4 is 12.0 Å². The van der Waals surface area contributed by atoms with E-state index in [-0.39, 0.29) is 11.8 Å². The maximum absolute atomic E-state index is 11.8. The van der Waals surface area contributed by atoms with Gasteiger partial charge in [0.25, 0.3) is 0 Å². The molecular weight excluding hydrogens is 260 g/mol. The second-order valence-electron chi connectivity index (χ2n) is 5.73. The number of carbonyl (C=O) groups is 1. The van der Waals surface area contributed by atoms with Crippen LogP contribution in [0.15, 0.2) is 10.6 Å². The summed E-state index contributed by atoms with van der Waals surface area (Å²) in [4.78, 5) is 15.6. The Labute approximate surface area is 118 Å². The van der Waals surface area contributed by atoms with Crippen LogP contribution in [0.3, 0.4) is 0 Å². The van der Waals surface area contributed by atoms with Gasteiger partial charge in [0.1, 0.15) is 5.60 Å². The number of anilines is 1. The molecule has 7 heteroatoms. The maximum Gasteiger partial charge on any atom is 0.426 e. The van der Waals surface area contributed by atoms with Gasteiger partial charge in [-0.05, 0) is 26.7 Å². The maximum atomic E-state index is 11.8. The number of oxazole rings is 1. The standard InChI is InChI=1S/C13H20N4O3/c1-9(2)8-17(11-7-15-10(6-14)19-11)16-12(18)20-13(3,4)5/h7,9H,8H2,1-5H3,(H,16,18). The van der Waals surface area contributed by atoms with Crippen molar-refractivity contribution in [2.24, 2.45) is 5.92 Å². The van der Waals surface area contributed by atoms with Crippen LogP contribution >= 0.6 is 0 Å². The molecule has 0 aromatic carbocycles. The molecule has 0 radical (unpaired) electrons. The normalized spacial score (nSPS) is 11.1. The number of rotatable bonds is 4. The van der Waals surface area contributed by atoms with Gasteiger partial charge in [0.15, 0.2) is 6.07 Å². The molecule has 1 aromatic rings. The molecule has 0 bridgehead atoms. The van der Waals surface area contributed by atoms with Gasteiger partial charge in [0.05, 0.1) is 6.20 Å². The summed E-state index contributed by atoms with van der Waals surface area (Å²) in [6, 6.07) is 1.80. The Morgan fingerprint density at radius 1 is 1.60 bits per heavy atom. The summed E-state index contributed by atoms with van der Waals surface area (Å²) < 4.78 is 10.4. The van der Waals surface area contributed by atoms with Crippen LogP contribution in [-0.4, -0.2) is 23.2 Å². The number of carbonyl (C=O) groups excluding carboxylic acids is 1. The van der Waals surface area contributed by atoms with E-state index >= 15 is 0 Å². The average Bonchev–Trinajstić information content (AvgIpc) is 2.73. The molecular formula is C13H20N4O3. The molecule has 1 amide bonds. The summed E-state index contributed by atoms with van der Waals surface area (Å²) in [5.74, 6) is 0.501. The Balaban J connectivity index is 2.80. The first-order chi connectivity index (χ1) is 9.21. The number of hydrogen-bond acceptors (Lipinski definition) is 6. The highest BCUT2D eigenvalue weighted by atomic mass is 16.6. The summed E-state index contributed by atoms with van der Waals surface area (Å²) in [5.41, 5.74) is 2.00. The molecule has 1 aromatic heterocycles. The summed E-state index contributed by atoms with van der Waals surface area (Å²) in [7, 11) is 0. The molecule has 0 spiro atoms. The van der Waals surface area contributed by atoms with E-state index in [1.54, 1.807) is 26.8 Å². The van der Waals surface area contributed by atoms with Gasteiger partial charge in [0, 0.05) is 6.54 Å². The summed E-state index contributed by atoms with van der Waals surface area (Å²) in [6.45, 7) is 9.82. The zero-order valence-electron chi connectivity index (χ0n) is 12.4. The average molecular weight is 280 g/mol. The second-order valence-corrected chi connectivity index (χ2v) is 5.73. The van der Waals surface area contributed by atoms with Crippen LogP contribution in [-0.2, 0) is 4.74 Å².